The van der Waals surface area contributed by atoms with Gasteiger partial charge in [-0.3, -0.25) is 9.69 Å². The smallest absolute Gasteiger partial charge is 0.322 e. The van der Waals surface area contributed by atoms with Gasteiger partial charge in [-0.05, 0) is 36.2 Å². The molecule has 6 heteroatoms. The molecule has 2 aliphatic rings. The van der Waals surface area contributed by atoms with E-state index in [1.165, 1.54) is 0 Å². The van der Waals surface area contributed by atoms with Gasteiger partial charge in [-0.2, -0.15) is 11.3 Å². The lowest BCUT2D eigenvalue weighted by Crippen LogP contribution is -2.45. The number of thiophene rings is 1. The lowest BCUT2D eigenvalue weighted by atomic mass is 9.98. The number of nitrogens with one attached hydrogen (secondary N) is 1. The van der Waals surface area contributed by atoms with E-state index >= 15 is 0 Å². The van der Waals surface area contributed by atoms with E-state index in [2.05, 4.69) is 5.32 Å². The van der Waals surface area contributed by atoms with Gasteiger partial charge in [0.1, 0.15) is 0 Å². The van der Waals surface area contributed by atoms with Crippen molar-refractivity contribution in [1.82, 2.24) is 15.1 Å². The van der Waals surface area contributed by atoms with Crippen LogP contribution in [0, 0.1) is 0 Å². The molecule has 106 valence electrons. The summed E-state index contributed by atoms with van der Waals surface area (Å²) >= 11 is 1.57. The third-order valence-corrected chi connectivity index (χ3v) is 4.59. The zero-order chi connectivity index (χ0) is 14.4. The van der Waals surface area contributed by atoms with Crippen LogP contribution in [0.25, 0.3) is 0 Å². The van der Waals surface area contributed by atoms with Gasteiger partial charge in [-0.15, -0.1) is 0 Å². The Kier molecular flexibility index (Phi) is 3.05. The summed E-state index contributed by atoms with van der Waals surface area (Å²) in [5.41, 5.74) is 2.51. The van der Waals surface area contributed by atoms with Crippen LogP contribution in [-0.2, 0) is 4.79 Å². The van der Waals surface area contributed by atoms with E-state index in [-0.39, 0.29) is 24.0 Å². The third-order valence-electron chi connectivity index (χ3n) is 3.89. The lowest BCUT2D eigenvalue weighted by Gasteiger charge is -2.30. The Morgan fingerprint density at radius 2 is 2.15 bits per heavy atom. The molecule has 1 atom stereocenters. The predicted octanol–water partition coefficient (Wildman–Crippen LogP) is 1.95. The van der Waals surface area contributed by atoms with Crippen LogP contribution in [-0.4, -0.2) is 41.4 Å². The van der Waals surface area contributed by atoms with Gasteiger partial charge in [0.05, 0.1) is 23.9 Å². The first-order valence-electron chi connectivity index (χ1n) is 6.61. The normalized spacial score (nSPS) is 22.7. The summed E-state index contributed by atoms with van der Waals surface area (Å²) in [6.45, 7) is 4.49. The second-order valence-corrected chi connectivity index (χ2v) is 6.17. The molecular formula is C14H17N3O2S. The molecule has 0 spiro atoms. The van der Waals surface area contributed by atoms with E-state index in [0.29, 0.717) is 12.1 Å². The van der Waals surface area contributed by atoms with E-state index < -0.39 is 0 Å². The van der Waals surface area contributed by atoms with Crippen LogP contribution in [0.2, 0.25) is 0 Å². The molecule has 0 bridgehead atoms. The maximum absolute atomic E-state index is 12.6. The topological polar surface area (TPSA) is 52.7 Å². The Balaban J connectivity index is 2.06. The molecule has 1 aromatic rings. The van der Waals surface area contributed by atoms with Crippen molar-refractivity contribution in [3.63, 3.8) is 0 Å². The first kappa shape index (κ1) is 13.2. The molecule has 0 saturated carbocycles. The number of hydrogen-bond donors (Lipinski definition) is 1. The molecule has 1 aromatic heterocycles. The van der Waals surface area contributed by atoms with Crippen LogP contribution in [0.5, 0.6) is 0 Å². The summed E-state index contributed by atoms with van der Waals surface area (Å²) in [5, 5.41) is 6.85. The monoisotopic (exact) mass is 291 g/mol. The average Bonchev–Trinajstić information content (AvgIpc) is 3.02. The van der Waals surface area contributed by atoms with E-state index in [9.17, 15) is 9.59 Å². The molecule has 1 unspecified atom stereocenters. The molecule has 3 rings (SSSR count). The Bertz CT molecular complexity index is 592. The number of rotatable bonds is 2. The first-order chi connectivity index (χ1) is 9.50. The highest BCUT2D eigenvalue weighted by Gasteiger charge is 2.43. The van der Waals surface area contributed by atoms with Gasteiger partial charge in [0.15, 0.2) is 0 Å². The summed E-state index contributed by atoms with van der Waals surface area (Å²) in [6, 6.07) is 1.60. The molecule has 5 nitrogen and oxygen atoms in total. The third kappa shape index (κ3) is 1.83. The van der Waals surface area contributed by atoms with E-state index in [4.69, 9.17) is 0 Å². The number of nitrogens with zero attached hydrogens (tertiary/aromatic N) is 2. The SMILES string of the molecule is CC(C)N1CC2=C(C1=O)C(c1ccsc1)NC(=O)N2C. The largest absolute Gasteiger partial charge is 0.331 e. The minimum atomic E-state index is -0.323. The van der Waals surface area contributed by atoms with E-state index in [1.807, 2.05) is 30.7 Å². The Morgan fingerprint density at radius 3 is 2.75 bits per heavy atom. The molecule has 3 heterocycles. The molecular weight excluding hydrogens is 274 g/mol. The first-order valence-corrected chi connectivity index (χ1v) is 7.55. The zero-order valence-corrected chi connectivity index (χ0v) is 12.5. The number of amides is 3. The van der Waals surface area contributed by atoms with Gasteiger partial charge < -0.3 is 10.2 Å². The average molecular weight is 291 g/mol. The summed E-state index contributed by atoms with van der Waals surface area (Å²) in [4.78, 5) is 28.1. The highest BCUT2D eigenvalue weighted by Crippen LogP contribution is 2.36. The van der Waals surface area contributed by atoms with Crippen molar-refractivity contribution in [2.45, 2.75) is 25.9 Å². The fourth-order valence-corrected chi connectivity index (χ4v) is 3.38. The van der Waals surface area contributed by atoms with Gasteiger partial charge in [0, 0.05) is 13.1 Å². The van der Waals surface area contributed by atoms with E-state index in [1.54, 1.807) is 28.2 Å². The molecule has 0 fully saturated rings. The van der Waals surface area contributed by atoms with Crippen molar-refractivity contribution < 1.29 is 9.59 Å². The number of hydrogen-bond acceptors (Lipinski definition) is 3. The minimum Gasteiger partial charge on any atom is -0.331 e. The van der Waals surface area contributed by atoms with Crippen LogP contribution >= 0.6 is 11.3 Å². The van der Waals surface area contributed by atoms with Crippen molar-refractivity contribution in [2.75, 3.05) is 13.6 Å². The van der Waals surface area contributed by atoms with Crippen LogP contribution in [0.15, 0.2) is 28.1 Å². The molecule has 1 N–H and O–H groups in total. The molecule has 0 aliphatic carbocycles. The number of carbonyl (C=O) groups is 2. The number of likely N-dealkylation sites (N-methyl/N-ethyl adjacent to an activating group) is 1. The lowest BCUT2D eigenvalue weighted by molar-refractivity contribution is -0.127. The quantitative estimate of drug-likeness (QED) is 0.905. The summed E-state index contributed by atoms with van der Waals surface area (Å²) in [6.07, 6.45) is 0. The Labute approximate surface area is 121 Å². The minimum absolute atomic E-state index is 0.0260. The van der Waals surface area contributed by atoms with Gasteiger partial charge in [-0.1, -0.05) is 0 Å². The van der Waals surface area contributed by atoms with Crippen LogP contribution in [0.1, 0.15) is 25.5 Å². The summed E-state index contributed by atoms with van der Waals surface area (Å²) in [5.74, 6) is 0.0260. The standard InChI is InChI=1S/C14H17N3O2S/c1-8(2)17-6-10-11(13(17)18)12(9-4-5-20-7-9)15-14(19)16(10)3/h4-5,7-8,12H,6H2,1-3H3,(H,15,19). The maximum atomic E-state index is 12.6. The molecule has 0 radical (unpaired) electrons. The molecule has 2 aliphatic heterocycles. The van der Waals surface area contributed by atoms with Crippen LogP contribution in [0.3, 0.4) is 0 Å². The summed E-state index contributed by atoms with van der Waals surface area (Å²) in [7, 11) is 1.71. The predicted molar refractivity (Wildman–Crippen MR) is 77.2 cm³/mol. The number of carbonyl (C=O) groups excluding carboxylic acids is 2. The van der Waals surface area contributed by atoms with Crippen molar-refractivity contribution in [3.05, 3.63) is 33.7 Å². The van der Waals surface area contributed by atoms with Crippen LogP contribution < -0.4 is 5.32 Å². The Hall–Kier alpha value is -1.82. The highest BCUT2D eigenvalue weighted by atomic mass is 32.1. The van der Waals surface area contributed by atoms with E-state index in [0.717, 1.165) is 11.3 Å². The summed E-state index contributed by atoms with van der Waals surface area (Å²) < 4.78 is 0. The maximum Gasteiger partial charge on any atom is 0.322 e. The second-order valence-electron chi connectivity index (χ2n) is 5.39. The molecule has 20 heavy (non-hydrogen) atoms. The Morgan fingerprint density at radius 1 is 1.40 bits per heavy atom. The van der Waals surface area contributed by atoms with Gasteiger partial charge in [0.2, 0.25) is 0 Å². The number of urea groups is 1. The second kappa shape index (κ2) is 4.63. The van der Waals surface area contributed by atoms with Crippen molar-refractivity contribution in [1.29, 1.82) is 0 Å². The fraction of sp³-hybridized carbons (Fsp3) is 0.429. The van der Waals surface area contributed by atoms with Gasteiger partial charge >= 0.3 is 6.03 Å². The molecule has 0 saturated heterocycles. The molecule has 0 aromatic carbocycles. The van der Waals surface area contributed by atoms with Crippen molar-refractivity contribution >= 4 is 23.3 Å². The van der Waals surface area contributed by atoms with Crippen LogP contribution in [0.4, 0.5) is 4.79 Å². The van der Waals surface area contributed by atoms with Gasteiger partial charge in [0.25, 0.3) is 5.91 Å². The molecule has 3 amide bonds. The highest BCUT2D eigenvalue weighted by molar-refractivity contribution is 7.08. The fourth-order valence-electron chi connectivity index (χ4n) is 2.69. The zero-order valence-electron chi connectivity index (χ0n) is 11.7. The van der Waals surface area contributed by atoms with Crippen molar-refractivity contribution in [2.24, 2.45) is 0 Å². The van der Waals surface area contributed by atoms with Crippen molar-refractivity contribution in [3.8, 4) is 0 Å². The van der Waals surface area contributed by atoms with Gasteiger partial charge in [-0.25, -0.2) is 4.79 Å².